The van der Waals surface area contributed by atoms with Gasteiger partial charge >= 0.3 is 0 Å². The van der Waals surface area contributed by atoms with Crippen LogP contribution in [0.2, 0.25) is 5.02 Å². The Hall–Kier alpha value is -3.64. The third kappa shape index (κ3) is 4.12. The highest BCUT2D eigenvalue weighted by atomic mass is 35.5. The standard InChI is InChI=1S/C22H17ClN4O2/c1-29-19-9-5-8-17(14-19)24-22(28)20-25-21(15-6-3-2-4-7-15)27(26-20)18-12-10-16(23)11-13-18/h2-14H,1H3,(H,24,28). The number of carbonyl (C=O) groups is 1. The Morgan fingerprint density at radius 2 is 1.76 bits per heavy atom. The molecule has 0 saturated heterocycles. The van der Waals surface area contributed by atoms with Crippen molar-refractivity contribution >= 4 is 23.2 Å². The lowest BCUT2D eigenvalue weighted by Gasteiger charge is -2.06. The van der Waals surface area contributed by atoms with Gasteiger partial charge in [0.25, 0.3) is 5.91 Å². The van der Waals surface area contributed by atoms with Crippen LogP contribution in [-0.4, -0.2) is 27.8 Å². The molecule has 4 aromatic rings. The number of carbonyl (C=O) groups excluding carboxylic acids is 1. The Morgan fingerprint density at radius 3 is 2.48 bits per heavy atom. The lowest BCUT2D eigenvalue weighted by molar-refractivity contribution is 0.101. The van der Waals surface area contributed by atoms with Crippen molar-refractivity contribution in [2.24, 2.45) is 0 Å². The van der Waals surface area contributed by atoms with Crippen LogP contribution >= 0.6 is 11.6 Å². The number of amides is 1. The highest BCUT2D eigenvalue weighted by molar-refractivity contribution is 6.30. The van der Waals surface area contributed by atoms with Crippen LogP contribution in [0.1, 0.15) is 10.6 Å². The topological polar surface area (TPSA) is 69.0 Å². The van der Waals surface area contributed by atoms with Gasteiger partial charge in [0.1, 0.15) is 5.75 Å². The molecule has 0 aliphatic rings. The number of hydrogen-bond acceptors (Lipinski definition) is 4. The van der Waals surface area contributed by atoms with Crippen LogP contribution in [0.3, 0.4) is 0 Å². The van der Waals surface area contributed by atoms with E-state index in [9.17, 15) is 4.79 Å². The van der Waals surface area contributed by atoms with E-state index in [4.69, 9.17) is 16.3 Å². The van der Waals surface area contributed by atoms with Crippen molar-refractivity contribution in [3.05, 3.63) is 89.7 Å². The summed E-state index contributed by atoms with van der Waals surface area (Å²) >= 11 is 6.01. The van der Waals surface area contributed by atoms with E-state index in [0.717, 1.165) is 11.3 Å². The van der Waals surface area contributed by atoms with E-state index < -0.39 is 5.91 Å². The Bertz CT molecular complexity index is 1140. The van der Waals surface area contributed by atoms with E-state index in [-0.39, 0.29) is 5.82 Å². The zero-order chi connectivity index (χ0) is 20.2. The number of halogens is 1. The number of hydrogen-bond donors (Lipinski definition) is 1. The summed E-state index contributed by atoms with van der Waals surface area (Å²) in [6.07, 6.45) is 0. The molecular formula is C22H17ClN4O2. The van der Waals surface area contributed by atoms with E-state index in [2.05, 4.69) is 15.4 Å². The fourth-order valence-corrected chi connectivity index (χ4v) is 2.96. The molecule has 29 heavy (non-hydrogen) atoms. The first kappa shape index (κ1) is 18.7. The number of benzene rings is 3. The largest absolute Gasteiger partial charge is 0.497 e. The highest BCUT2D eigenvalue weighted by Crippen LogP contribution is 2.23. The fourth-order valence-electron chi connectivity index (χ4n) is 2.83. The zero-order valence-electron chi connectivity index (χ0n) is 15.5. The minimum absolute atomic E-state index is 0.0571. The Balaban J connectivity index is 1.72. The Morgan fingerprint density at radius 1 is 1.00 bits per heavy atom. The second-order valence-electron chi connectivity index (χ2n) is 6.20. The molecule has 3 aromatic carbocycles. The molecule has 0 saturated carbocycles. The van der Waals surface area contributed by atoms with Crippen LogP contribution in [0.15, 0.2) is 78.9 Å². The van der Waals surface area contributed by atoms with Gasteiger partial charge in [0.05, 0.1) is 12.8 Å². The first-order chi connectivity index (χ1) is 14.1. The van der Waals surface area contributed by atoms with Crippen molar-refractivity contribution in [3.63, 3.8) is 0 Å². The second kappa shape index (κ2) is 8.16. The molecule has 6 nitrogen and oxygen atoms in total. The van der Waals surface area contributed by atoms with Gasteiger partial charge in [-0.15, -0.1) is 5.10 Å². The maximum absolute atomic E-state index is 12.8. The molecular weight excluding hydrogens is 388 g/mol. The van der Waals surface area contributed by atoms with E-state index >= 15 is 0 Å². The van der Waals surface area contributed by atoms with Crippen LogP contribution in [0.25, 0.3) is 17.1 Å². The van der Waals surface area contributed by atoms with Crippen molar-refractivity contribution in [2.75, 3.05) is 12.4 Å². The third-order valence-corrected chi connectivity index (χ3v) is 4.49. The molecule has 7 heteroatoms. The molecule has 4 rings (SSSR count). The minimum atomic E-state index is -0.414. The SMILES string of the molecule is COc1cccc(NC(=O)c2nc(-c3ccccc3)n(-c3ccc(Cl)cc3)n2)c1. The molecule has 1 N–H and O–H groups in total. The van der Waals surface area contributed by atoms with Gasteiger partial charge in [-0.3, -0.25) is 4.79 Å². The summed E-state index contributed by atoms with van der Waals surface area (Å²) in [6.45, 7) is 0. The Kier molecular flexibility index (Phi) is 5.27. The number of rotatable bonds is 5. The zero-order valence-corrected chi connectivity index (χ0v) is 16.3. The molecule has 1 heterocycles. The number of nitrogens with zero attached hydrogens (tertiary/aromatic N) is 3. The summed E-state index contributed by atoms with van der Waals surface area (Å²) in [4.78, 5) is 17.3. The lowest BCUT2D eigenvalue weighted by atomic mass is 10.2. The predicted octanol–water partition coefficient (Wildman–Crippen LogP) is 4.85. The summed E-state index contributed by atoms with van der Waals surface area (Å²) in [6, 6.07) is 23.9. The molecule has 1 aromatic heterocycles. The van der Waals surface area contributed by atoms with Crippen LogP contribution < -0.4 is 10.1 Å². The number of methoxy groups -OCH3 is 1. The van der Waals surface area contributed by atoms with Crippen LogP contribution in [0.4, 0.5) is 5.69 Å². The van der Waals surface area contributed by atoms with Gasteiger partial charge in [-0.25, -0.2) is 9.67 Å². The van der Waals surface area contributed by atoms with Gasteiger partial charge in [0.15, 0.2) is 5.82 Å². The molecule has 0 atom stereocenters. The van der Waals surface area contributed by atoms with Crippen molar-refractivity contribution in [3.8, 4) is 22.8 Å². The molecule has 144 valence electrons. The lowest BCUT2D eigenvalue weighted by Crippen LogP contribution is -2.14. The molecule has 0 radical (unpaired) electrons. The van der Waals surface area contributed by atoms with Crippen molar-refractivity contribution < 1.29 is 9.53 Å². The van der Waals surface area contributed by atoms with Crippen LogP contribution in [0.5, 0.6) is 5.75 Å². The molecule has 0 unspecified atom stereocenters. The number of anilines is 1. The van der Waals surface area contributed by atoms with E-state index in [0.29, 0.717) is 22.3 Å². The number of nitrogens with one attached hydrogen (secondary N) is 1. The van der Waals surface area contributed by atoms with E-state index in [1.165, 1.54) is 0 Å². The minimum Gasteiger partial charge on any atom is -0.497 e. The molecule has 1 amide bonds. The number of aromatic nitrogens is 3. The molecule has 0 bridgehead atoms. The molecule has 0 spiro atoms. The molecule has 0 aliphatic heterocycles. The second-order valence-corrected chi connectivity index (χ2v) is 6.64. The Labute approximate surface area is 172 Å². The molecule has 0 aliphatic carbocycles. The summed E-state index contributed by atoms with van der Waals surface area (Å²) in [5, 5.41) is 7.87. The van der Waals surface area contributed by atoms with Gasteiger partial charge < -0.3 is 10.1 Å². The van der Waals surface area contributed by atoms with Gasteiger partial charge in [0, 0.05) is 22.3 Å². The van der Waals surface area contributed by atoms with Crippen molar-refractivity contribution in [1.82, 2.24) is 14.8 Å². The first-order valence-electron chi connectivity index (χ1n) is 8.88. The van der Waals surface area contributed by atoms with Gasteiger partial charge in [-0.05, 0) is 36.4 Å². The molecule has 0 fully saturated rings. The average Bonchev–Trinajstić information content (AvgIpc) is 3.21. The summed E-state index contributed by atoms with van der Waals surface area (Å²) < 4.78 is 6.82. The maximum Gasteiger partial charge on any atom is 0.295 e. The van der Waals surface area contributed by atoms with Gasteiger partial charge in [-0.1, -0.05) is 48.0 Å². The van der Waals surface area contributed by atoms with Crippen LogP contribution in [-0.2, 0) is 0 Å². The number of ether oxygens (including phenoxy) is 1. The summed E-state index contributed by atoms with van der Waals surface area (Å²) in [5.41, 5.74) is 2.19. The third-order valence-electron chi connectivity index (χ3n) is 4.24. The van der Waals surface area contributed by atoms with Crippen molar-refractivity contribution in [2.45, 2.75) is 0 Å². The van der Waals surface area contributed by atoms with E-state index in [1.54, 1.807) is 48.2 Å². The van der Waals surface area contributed by atoms with Crippen molar-refractivity contribution in [1.29, 1.82) is 0 Å². The average molecular weight is 405 g/mol. The predicted molar refractivity (Wildman–Crippen MR) is 113 cm³/mol. The van der Waals surface area contributed by atoms with E-state index in [1.807, 2.05) is 42.5 Å². The quantitative estimate of drug-likeness (QED) is 0.516. The maximum atomic E-state index is 12.8. The van der Waals surface area contributed by atoms with Gasteiger partial charge in [0.2, 0.25) is 5.82 Å². The first-order valence-corrected chi connectivity index (χ1v) is 9.25. The smallest absolute Gasteiger partial charge is 0.295 e. The monoisotopic (exact) mass is 404 g/mol. The normalized spacial score (nSPS) is 10.6. The van der Waals surface area contributed by atoms with Crippen LogP contribution in [0, 0.1) is 0 Å². The summed E-state index contributed by atoms with van der Waals surface area (Å²) in [5.74, 6) is 0.848. The highest BCUT2D eigenvalue weighted by Gasteiger charge is 2.19. The summed E-state index contributed by atoms with van der Waals surface area (Å²) in [7, 11) is 1.57. The van der Waals surface area contributed by atoms with Gasteiger partial charge in [-0.2, -0.15) is 0 Å². The fraction of sp³-hybridized carbons (Fsp3) is 0.0455.